The lowest BCUT2D eigenvalue weighted by atomic mass is 9.85. The molecule has 0 aromatic heterocycles. The molecule has 0 bridgehead atoms. The summed E-state index contributed by atoms with van der Waals surface area (Å²) in [5.74, 6) is 2.55. The quantitative estimate of drug-likeness (QED) is 0.344. The number of ether oxygens (including phenoxy) is 2. The Kier molecular flexibility index (Phi) is 7.87. The highest BCUT2D eigenvalue weighted by atomic mass is 16.5. The van der Waals surface area contributed by atoms with E-state index in [0.717, 1.165) is 23.8 Å². The van der Waals surface area contributed by atoms with E-state index in [1.54, 1.807) is 0 Å². The molecule has 2 nitrogen and oxygen atoms in total. The molecule has 1 aliphatic rings. The number of hydrogen-bond acceptors (Lipinski definition) is 2. The minimum absolute atomic E-state index is 0.544. The zero-order chi connectivity index (χ0) is 22.2. The smallest absolute Gasteiger partial charge is 0.161 e. The molecule has 1 aliphatic carbocycles. The van der Waals surface area contributed by atoms with Crippen molar-refractivity contribution in [2.75, 3.05) is 0 Å². The summed E-state index contributed by atoms with van der Waals surface area (Å²) >= 11 is 0. The molecule has 0 heterocycles. The molecule has 0 amide bonds. The molecule has 1 saturated carbocycles. The fraction of sp³-hybridized carbons (Fsp3) is 0.400. The van der Waals surface area contributed by atoms with Gasteiger partial charge in [-0.25, -0.2) is 0 Å². The first-order valence-electron chi connectivity index (χ1n) is 12.2. The van der Waals surface area contributed by atoms with Crippen molar-refractivity contribution in [1.82, 2.24) is 0 Å². The second-order valence-corrected chi connectivity index (χ2v) is 9.37. The van der Waals surface area contributed by atoms with Gasteiger partial charge in [-0.15, -0.1) is 0 Å². The SMILES string of the molecule is Cc1ccc(COc2ccc(CCC3CCCCC3)cc2OCc2ccc(C)cc2)cc1. The van der Waals surface area contributed by atoms with Crippen LogP contribution in [-0.2, 0) is 19.6 Å². The second-order valence-electron chi connectivity index (χ2n) is 9.37. The van der Waals surface area contributed by atoms with Gasteiger partial charge in [-0.2, -0.15) is 0 Å². The Morgan fingerprint density at radius 3 is 1.75 bits per heavy atom. The van der Waals surface area contributed by atoms with Crippen molar-refractivity contribution in [3.05, 3.63) is 94.5 Å². The van der Waals surface area contributed by atoms with Gasteiger partial charge in [0.25, 0.3) is 0 Å². The van der Waals surface area contributed by atoms with Gasteiger partial charge in [0.2, 0.25) is 0 Å². The van der Waals surface area contributed by atoms with Crippen molar-refractivity contribution in [1.29, 1.82) is 0 Å². The van der Waals surface area contributed by atoms with Gasteiger partial charge in [0.15, 0.2) is 11.5 Å². The average molecular weight is 429 g/mol. The molecule has 0 N–H and O–H groups in total. The van der Waals surface area contributed by atoms with E-state index in [4.69, 9.17) is 9.47 Å². The van der Waals surface area contributed by atoms with E-state index in [1.165, 1.54) is 66.3 Å². The lowest BCUT2D eigenvalue weighted by Crippen LogP contribution is -2.07. The molecule has 0 unspecified atom stereocenters. The Balaban J connectivity index is 1.44. The summed E-state index contributed by atoms with van der Waals surface area (Å²) in [5.41, 5.74) is 6.21. The predicted molar refractivity (Wildman–Crippen MR) is 132 cm³/mol. The van der Waals surface area contributed by atoms with E-state index in [-0.39, 0.29) is 0 Å². The molecule has 1 fully saturated rings. The van der Waals surface area contributed by atoms with Crippen LogP contribution >= 0.6 is 0 Å². The Labute approximate surface area is 193 Å². The Hall–Kier alpha value is -2.74. The minimum Gasteiger partial charge on any atom is -0.485 e. The van der Waals surface area contributed by atoms with Gasteiger partial charge in [-0.1, -0.05) is 97.8 Å². The number of benzene rings is 3. The maximum atomic E-state index is 6.28. The van der Waals surface area contributed by atoms with Gasteiger partial charge in [0, 0.05) is 0 Å². The lowest BCUT2D eigenvalue weighted by molar-refractivity contribution is 0.255. The molecule has 168 valence electrons. The van der Waals surface area contributed by atoms with Crippen molar-refractivity contribution in [3.8, 4) is 11.5 Å². The fourth-order valence-corrected chi connectivity index (χ4v) is 4.48. The summed E-state index contributed by atoms with van der Waals surface area (Å²) in [5, 5.41) is 0. The van der Waals surface area contributed by atoms with Crippen LogP contribution in [0.3, 0.4) is 0 Å². The first kappa shape index (κ1) is 22.5. The summed E-state index contributed by atoms with van der Waals surface area (Å²) in [4.78, 5) is 0. The molecular weight excluding hydrogens is 392 g/mol. The van der Waals surface area contributed by atoms with Gasteiger partial charge in [0.1, 0.15) is 13.2 Å². The van der Waals surface area contributed by atoms with Crippen molar-refractivity contribution in [3.63, 3.8) is 0 Å². The monoisotopic (exact) mass is 428 g/mol. The van der Waals surface area contributed by atoms with Crippen LogP contribution in [0.15, 0.2) is 66.7 Å². The Morgan fingerprint density at radius 2 is 1.16 bits per heavy atom. The summed E-state index contributed by atoms with van der Waals surface area (Å²) < 4.78 is 12.5. The van der Waals surface area contributed by atoms with Gasteiger partial charge >= 0.3 is 0 Å². The van der Waals surface area contributed by atoms with Crippen molar-refractivity contribution < 1.29 is 9.47 Å². The van der Waals surface area contributed by atoms with Gasteiger partial charge in [-0.3, -0.25) is 0 Å². The molecule has 3 aromatic carbocycles. The van der Waals surface area contributed by atoms with Crippen LogP contribution in [-0.4, -0.2) is 0 Å². The number of aryl methyl sites for hydroxylation is 3. The highest BCUT2D eigenvalue weighted by molar-refractivity contribution is 5.43. The van der Waals surface area contributed by atoms with Crippen LogP contribution in [0.1, 0.15) is 66.3 Å². The summed E-state index contributed by atoms with van der Waals surface area (Å²) in [7, 11) is 0. The van der Waals surface area contributed by atoms with E-state index < -0.39 is 0 Å². The van der Waals surface area contributed by atoms with Crippen molar-refractivity contribution in [2.24, 2.45) is 5.92 Å². The van der Waals surface area contributed by atoms with Crippen molar-refractivity contribution >= 4 is 0 Å². The normalized spacial score (nSPS) is 14.3. The zero-order valence-corrected chi connectivity index (χ0v) is 19.6. The lowest BCUT2D eigenvalue weighted by Gasteiger charge is -2.21. The van der Waals surface area contributed by atoms with Gasteiger partial charge < -0.3 is 9.47 Å². The van der Waals surface area contributed by atoms with Crippen LogP contribution < -0.4 is 9.47 Å². The van der Waals surface area contributed by atoms with Crippen LogP contribution in [0, 0.1) is 19.8 Å². The number of rotatable bonds is 9. The first-order chi connectivity index (χ1) is 15.7. The van der Waals surface area contributed by atoms with Crippen molar-refractivity contribution in [2.45, 2.75) is 72.0 Å². The predicted octanol–water partition coefficient (Wildman–Crippen LogP) is 7.97. The molecule has 2 heteroatoms. The fourth-order valence-electron chi connectivity index (χ4n) is 4.48. The maximum Gasteiger partial charge on any atom is 0.161 e. The van der Waals surface area contributed by atoms with Gasteiger partial charge in [-0.05, 0) is 61.4 Å². The van der Waals surface area contributed by atoms with Crippen LogP contribution in [0.4, 0.5) is 0 Å². The summed E-state index contributed by atoms with van der Waals surface area (Å²) in [6, 6.07) is 23.5. The minimum atomic E-state index is 0.544. The first-order valence-corrected chi connectivity index (χ1v) is 12.2. The van der Waals surface area contributed by atoms with E-state index >= 15 is 0 Å². The second kappa shape index (κ2) is 11.2. The maximum absolute atomic E-state index is 6.28. The summed E-state index contributed by atoms with van der Waals surface area (Å²) in [6.07, 6.45) is 9.41. The third-order valence-corrected chi connectivity index (χ3v) is 6.60. The average Bonchev–Trinajstić information content (AvgIpc) is 2.83. The van der Waals surface area contributed by atoms with Crippen LogP contribution in [0.5, 0.6) is 11.5 Å². The molecule has 0 spiro atoms. The summed E-state index contributed by atoms with van der Waals surface area (Å²) in [6.45, 7) is 5.31. The topological polar surface area (TPSA) is 18.5 Å². The highest BCUT2D eigenvalue weighted by Crippen LogP contribution is 2.32. The molecule has 4 rings (SSSR count). The van der Waals surface area contributed by atoms with Gasteiger partial charge in [0.05, 0.1) is 0 Å². The highest BCUT2D eigenvalue weighted by Gasteiger charge is 2.14. The van der Waals surface area contributed by atoms with Crippen LogP contribution in [0.25, 0.3) is 0 Å². The largest absolute Gasteiger partial charge is 0.485 e. The Morgan fingerprint density at radius 1 is 0.625 bits per heavy atom. The molecule has 0 atom stereocenters. The molecule has 0 aliphatic heterocycles. The third-order valence-electron chi connectivity index (χ3n) is 6.60. The van der Waals surface area contributed by atoms with E-state index in [2.05, 4.69) is 80.6 Å². The molecule has 0 saturated heterocycles. The van der Waals surface area contributed by atoms with E-state index in [1.807, 2.05) is 0 Å². The molecule has 3 aromatic rings. The molecular formula is C30H36O2. The van der Waals surface area contributed by atoms with Crippen LogP contribution in [0.2, 0.25) is 0 Å². The zero-order valence-electron chi connectivity index (χ0n) is 19.6. The molecule has 32 heavy (non-hydrogen) atoms. The third kappa shape index (κ3) is 6.63. The van der Waals surface area contributed by atoms with E-state index in [0.29, 0.717) is 13.2 Å². The Bertz CT molecular complexity index is 967. The number of hydrogen-bond donors (Lipinski definition) is 0. The molecule has 0 radical (unpaired) electrons. The van der Waals surface area contributed by atoms with E-state index in [9.17, 15) is 0 Å². The standard InChI is InChI=1S/C30H36O2/c1-23-8-12-27(13-9-23)21-31-29-19-18-26(17-16-25-6-4-3-5-7-25)20-30(29)32-22-28-14-10-24(2)11-15-28/h8-15,18-20,25H,3-7,16-17,21-22H2,1-2H3.